The van der Waals surface area contributed by atoms with E-state index in [9.17, 15) is 4.79 Å². The van der Waals surface area contributed by atoms with E-state index in [-0.39, 0.29) is 5.97 Å². The van der Waals surface area contributed by atoms with Crippen LogP contribution in [-0.2, 0) is 9.53 Å². The van der Waals surface area contributed by atoms with Crippen LogP contribution >= 0.6 is 0 Å². The second kappa shape index (κ2) is 6.53. The first kappa shape index (κ1) is 14.5. The number of hydrogen-bond acceptors (Lipinski definition) is 4. The third kappa shape index (κ3) is 3.57. The maximum atomic E-state index is 11.4. The Balaban J connectivity index is 1.91. The molecule has 2 saturated heterocycles. The lowest BCUT2D eigenvalue weighted by atomic mass is 9.97. The van der Waals surface area contributed by atoms with E-state index >= 15 is 0 Å². The summed E-state index contributed by atoms with van der Waals surface area (Å²) in [6.07, 6.45) is 6.04. The van der Waals surface area contributed by atoms with E-state index in [4.69, 9.17) is 4.74 Å². The number of esters is 1. The first-order chi connectivity index (χ1) is 9.11. The van der Waals surface area contributed by atoms with Gasteiger partial charge in [0.05, 0.1) is 7.11 Å². The first-order valence-electron chi connectivity index (χ1n) is 7.35. The van der Waals surface area contributed by atoms with Crippen molar-refractivity contribution in [1.82, 2.24) is 9.80 Å². The monoisotopic (exact) mass is 266 g/mol. The number of fused-ring (bicyclic) bond motifs is 1. The Morgan fingerprint density at radius 1 is 1.37 bits per heavy atom. The second-order valence-corrected chi connectivity index (χ2v) is 5.83. The number of rotatable bonds is 3. The van der Waals surface area contributed by atoms with E-state index in [2.05, 4.69) is 16.7 Å². The highest BCUT2D eigenvalue weighted by Gasteiger charge is 2.32. The summed E-state index contributed by atoms with van der Waals surface area (Å²) in [4.78, 5) is 16.5. The van der Waals surface area contributed by atoms with Crippen LogP contribution in [0.4, 0.5) is 0 Å². The topological polar surface area (TPSA) is 32.8 Å². The SMILES string of the molecule is COC(=O)C(C)=CCN1CC2CCCCN2CC1C. The number of carbonyl (C=O) groups excluding carboxylic acids is 1. The summed E-state index contributed by atoms with van der Waals surface area (Å²) < 4.78 is 4.73. The smallest absolute Gasteiger partial charge is 0.333 e. The molecule has 19 heavy (non-hydrogen) atoms. The molecule has 4 nitrogen and oxygen atoms in total. The Bertz CT molecular complexity index is 354. The molecule has 2 rings (SSSR count). The molecule has 2 fully saturated rings. The molecule has 0 radical (unpaired) electrons. The number of carbonyl (C=O) groups is 1. The molecule has 0 amide bonds. The van der Waals surface area contributed by atoms with E-state index in [0.29, 0.717) is 11.6 Å². The Hall–Kier alpha value is -0.870. The summed E-state index contributed by atoms with van der Waals surface area (Å²) in [6, 6.07) is 1.29. The highest BCUT2D eigenvalue weighted by Crippen LogP contribution is 2.23. The lowest BCUT2D eigenvalue weighted by molar-refractivity contribution is -0.136. The molecule has 0 saturated carbocycles. The fourth-order valence-corrected chi connectivity index (χ4v) is 3.17. The van der Waals surface area contributed by atoms with Crippen LogP contribution in [-0.4, -0.2) is 61.1 Å². The number of methoxy groups -OCH3 is 1. The minimum absolute atomic E-state index is 0.219. The standard InChI is InChI=1S/C15H26N2O2/c1-12(15(18)19-3)7-9-16-11-14-6-4-5-8-17(14)10-13(16)2/h7,13-14H,4-6,8-11H2,1-3H3. The fraction of sp³-hybridized carbons (Fsp3) is 0.800. The Morgan fingerprint density at radius 2 is 2.16 bits per heavy atom. The Morgan fingerprint density at radius 3 is 2.89 bits per heavy atom. The predicted molar refractivity (Wildman–Crippen MR) is 76.0 cm³/mol. The van der Waals surface area contributed by atoms with Crippen LogP contribution in [0.3, 0.4) is 0 Å². The summed E-state index contributed by atoms with van der Waals surface area (Å²) in [7, 11) is 1.43. The minimum atomic E-state index is -0.219. The minimum Gasteiger partial charge on any atom is -0.466 e. The van der Waals surface area contributed by atoms with Crippen LogP contribution in [0.2, 0.25) is 0 Å². The van der Waals surface area contributed by atoms with Gasteiger partial charge >= 0.3 is 5.97 Å². The number of piperidine rings is 1. The van der Waals surface area contributed by atoms with E-state index in [1.807, 2.05) is 13.0 Å². The molecule has 2 atom stereocenters. The van der Waals surface area contributed by atoms with Crippen LogP contribution in [0, 0.1) is 0 Å². The maximum absolute atomic E-state index is 11.4. The molecule has 0 aromatic carbocycles. The fourth-order valence-electron chi connectivity index (χ4n) is 3.17. The molecule has 0 aliphatic carbocycles. The molecule has 0 aromatic heterocycles. The average molecular weight is 266 g/mol. The van der Waals surface area contributed by atoms with Gasteiger partial charge in [-0.15, -0.1) is 0 Å². The van der Waals surface area contributed by atoms with Crippen molar-refractivity contribution in [3.63, 3.8) is 0 Å². The quantitative estimate of drug-likeness (QED) is 0.574. The van der Waals surface area contributed by atoms with Crippen molar-refractivity contribution in [2.45, 2.75) is 45.2 Å². The maximum Gasteiger partial charge on any atom is 0.333 e. The lowest BCUT2D eigenvalue weighted by Gasteiger charge is -2.47. The number of nitrogens with zero attached hydrogens (tertiary/aromatic N) is 2. The molecule has 0 N–H and O–H groups in total. The van der Waals surface area contributed by atoms with E-state index in [1.165, 1.54) is 32.9 Å². The molecular formula is C15H26N2O2. The lowest BCUT2D eigenvalue weighted by Crippen LogP contribution is -2.58. The largest absolute Gasteiger partial charge is 0.466 e. The number of hydrogen-bond donors (Lipinski definition) is 0. The molecule has 0 aromatic rings. The van der Waals surface area contributed by atoms with Gasteiger partial charge in [-0.2, -0.15) is 0 Å². The average Bonchev–Trinajstić information content (AvgIpc) is 2.43. The highest BCUT2D eigenvalue weighted by molar-refractivity contribution is 5.87. The molecule has 4 heteroatoms. The molecule has 2 unspecified atom stereocenters. The molecule has 2 heterocycles. The summed E-state index contributed by atoms with van der Waals surface area (Å²) in [5, 5.41) is 0. The zero-order chi connectivity index (χ0) is 13.8. The molecule has 0 spiro atoms. The van der Waals surface area contributed by atoms with Crippen molar-refractivity contribution < 1.29 is 9.53 Å². The van der Waals surface area contributed by atoms with E-state index in [1.54, 1.807) is 0 Å². The zero-order valence-electron chi connectivity index (χ0n) is 12.4. The van der Waals surface area contributed by atoms with Gasteiger partial charge in [0.15, 0.2) is 0 Å². The third-order valence-electron chi connectivity index (χ3n) is 4.46. The first-order valence-corrected chi connectivity index (χ1v) is 7.35. The Kier molecular flexibility index (Phi) is 4.99. The van der Waals surface area contributed by atoms with Gasteiger partial charge in [-0.1, -0.05) is 12.5 Å². The number of piperazine rings is 1. The molecular weight excluding hydrogens is 240 g/mol. The van der Waals surface area contributed by atoms with Crippen molar-refractivity contribution in [2.75, 3.05) is 33.3 Å². The summed E-state index contributed by atoms with van der Waals surface area (Å²) >= 11 is 0. The third-order valence-corrected chi connectivity index (χ3v) is 4.46. The van der Waals surface area contributed by atoms with Gasteiger partial charge in [0.2, 0.25) is 0 Å². The summed E-state index contributed by atoms with van der Waals surface area (Å²) in [5.41, 5.74) is 0.709. The van der Waals surface area contributed by atoms with Crippen molar-refractivity contribution in [3.05, 3.63) is 11.6 Å². The second-order valence-electron chi connectivity index (χ2n) is 5.83. The summed E-state index contributed by atoms with van der Waals surface area (Å²) in [5.74, 6) is -0.219. The van der Waals surface area contributed by atoms with Crippen LogP contribution in [0.1, 0.15) is 33.1 Å². The van der Waals surface area contributed by atoms with Crippen LogP contribution in [0.5, 0.6) is 0 Å². The highest BCUT2D eigenvalue weighted by atomic mass is 16.5. The van der Waals surface area contributed by atoms with Gasteiger partial charge in [-0.05, 0) is 33.2 Å². The van der Waals surface area contributed by atoms with Gasteiger partial charge in [0.25, 0.3) is 0 Å². The number of ether oxygens (including phenoxy) is 1. The molecule has 108 valence electrons. The van der Waals surface area contributed by atoms with Crippen LogP contribution in [0.25, 0.3) is 0 Å². The van der Waals surface area contributed by atoms with Gasteiger partial charge < -0.3 is 4.74 Å². The molecule has 0 bridgehead atoms. The van der Waals surface area contributed by atoms with Crippen LogP contribution in [0.15, 0.2) is 11.6 Å². The van der Waals surface area contributed by atoms with Gasteiger partial charge in [-0.25, -0.2) is 4.79 Å². The van der Waals surface area contributed by atoms with Crippen molar-refractivity contribution in [3.8, 4) is 0 Å². The predicted octanol–water partition coefficient (Wildman–Crippen LogP) is 1.66. The van der Waals surface area contributed by atoms with Crippen LogP contribution < -0.4 is 0 Å². The van der Waals surface area contributed by atoms with Crippen molar-refractivity contribution >= 4 is 5.97 Å². The zero-order valence-corrected chi connectivity index (χ0v) is 12.4. The molecule has 2 aliphatic rings. The van der Waals surface area contributed by atoms with Gasteiger partial charge in [0.1, 0.15) is 0 Å². The van der Waals surface area contributed by atoms with Crippen molar-refractivity contribution in [1.29, 1.82) is 0 Å². The van der Waals surface area contributed by atoms with Gasteiger partial charge in [-0.3, -0.25) is 9.80 Å². The van der Waals surface area contributed by atoms with E-state index < -0.39 is 0 Å². The van der Waals surface area contributed by atoms with E-state index in [0.717, 1.165) is 25.7 Å². The Labute approximate surface area is 116 Å². The normalized spacial score (nSPS) is 29.9. The summed E-state index contributed by atoms with van der Waals surface area (Å²) in [6.45, 7) is 8.52. The van der Waals surface area contributed by atoms with Crippen molar-refractivity contribution in [2.24, 2.45) is 0 Å². The molecule has 2 aliphatic heterocycles. The van der Waals surface area contributed by atoms with Gasteiger partial charge in [0, 0.05) is 37.3 Å².